The Hall–Kier alpha value is -3.47. The van der Waals surface area contributed by atoms with Crippen LogP contribution in [0.3, 0.4) is 0 Å². The molecule has 3 aromatic rings. The summed E-state index contributed by atoms with van der Waals surface area (Å²) in [4.78, 5) is 28.2. The number of aromatic nitrogens is 1. The van der Waals surface area contributed by atoms with Gasteiger partial charge >= 0.3 is 0 Å². The van der Waals surface area contributed by atoms with E-state index < -0.39 is 0 Å². The van der Waals surface area contributed by atoms with Gasteiger partial charge in [-0.25, -0.2) is 4.98 Å². The average molecular weight is 373 g/mol. The Balaban J connectivity index is 1.70. The van der Waals surface area contributed by atoms with Gasteiger partial charge in [-0.3, -0.25) is 9.59 Å². The molecule has 2 N–H and O–H groups in total. The van der Waals surface area contributed by atoms with E-state index in [0.29, 0.717) is 11.3 Å². The maximum atomic E-state index is 12.5. The number of nitrogens with one attached hydrogen (secondary N) is 2. The summed E-state index contributed by atoms with van der Waals surface area (Å²) in [5, 5.41) is 6.16. The smallest absolute Gasteiger partial charge is 0.274 e. The molecular formula is C23H23N3O2. The van der Waals surface area contributed by atoms with Crippen LogP contribution in [0.5, 0.6) is 0 Å². The SMILES string of the molecule is CC(=O)c1ccc(Nc2ccc(C(=O)Nc3c(C)cc(C)cc3C)nc2)cc1. The van der Waals surface area contributed by atoms with Crippen molar-refractivity contribution >= 4 is 28.8 Å². The molecule has 0 saturated heterocycles. The fraction of sp³-hybridized carbons (Fsp3) is 0.174. The van der Waals surface area contributed by atoms with E-state index in [1.807, 2.05) is 45.0 Å². The molecule has 0 aliphatic heterocycles. The summed E-state index contributed by atoms with van der Waals surface area (Å²) in [5.74, 6) is -0.213. The molecule has 5 heteroatoms. The second kappa shape index (κ2) is 8.05. The molecule has 2 aromatic carbocycles. The van der Waals surface area contributed by atoms with E-state index in [1.165, 1.54) is 6.92 Å². The van der Waals surface area contributed by atoms with Crippen molar-refractivity contribution in [1.82, 2.24) is 4.98 Å². The molecule has 1 aromatic heterocycles. The van der Waals surface area contributed by atoms with Crippen LogP contribution in [0.4, 0.5) is 17.1 Å². The summed E-state index contributed by atoms with van der Waals surface area (Å²) in [6.07, 6.45) is 1.61. The topological polar surface area (TPSA) is 71.1 Å². The number of anilines is 3. The number of benzene rings is 2. The van der Waals surface area contributed by atoms with Crippen molar-refractivity contribution in [2.45, 2.75) is 27.7 Å². The van der Waals surface area contributed by atoms with Gasteiger partial charge in [0.1, 0.15) is 5.69 Å². The number of aryl methyl sites for hydroxylation is 3. The standard InChI is InChI=1S/C23H23N3O2/c1-14-11-15(2)22(16(3)12-14)26-23(28)21-10-9-20(13-24-21)25-19-7-5-18(6-8-19)17(4)27/h5-13,25H,1-4H3,(H,26,28). The third-order valence-corrected chi connectivity index (χ3v) is 4.49. The largest absolute Gasteiger partial charge is 0.354 e. The number of rotatable bonds is 5. The molecule has 28 heavy (non-hydrogen) atoms. The van der Waals surface area contributed by atoms with E-state index in [-0.39, 0.29) is 11.7 Å². The number of carbonyl (C=O) groups excluding carboxylic acids is 2. The molecule has 0 bridgehead atoms. The Morgan fingerprint density at radius 3 is 2.00 bits per heavy atom. The Morgan fingerprint density at radius 1 is 0.857 bits per heavy atom. The lowest BCUT2D eigenvalue weighted by molar-refractivity contribution is 0.101. The normalized spacial score (nSPS) is 10.4. The third kappa shape index (κ3) is 4.43. The van der Waals surface area contributed by atoms with Gasteiger partial charge in [0, 0.05) is 16.9 Å². The van der Waals surface area contributed by atoms with Crippen molar-refractivity contribution in [2.75, 3.05) is 10.6 Å². The zero-order valence-corrected chi connectivity index (χ0v) is 16.5. The maximum Gasteiger partial charge on any atom is 0.274 e. The summed E-state index contributed by atoms with van der Waals surface area (Å²) in [7, 11) is 0. The molecule has 5 nitrogen and oxygen atoms in total. The van der Waals surface area contributed by atoms with Gasteiger partial charge in [0.25, 0.3) is 5.91 Å². The van der Waals surface area contributed by atoms with E-state index in [4.69, 9.17) is 0 Å². The fourth-order valence-electron chi connectivity index (χ4n) is 3.11. The van der Waals surface area contributed by atoms with Crippen LogP contribution in [0.15, 0.2) is 54.7 Å². The lowest BCUT2D eigenvalue weighted by Gasteiger charge is -2.13. The predicted molar refractivity (Wildman–Crippen MR) is 113 cm³/mol. The molecule has 1 amide bonds. The molecule has 0 unspecified atom stereocenters. The second-order valence-corrected chi connectivity index (χ2v) is 6.92. The van der Waals surface area contributed by atoms with Crippen LogP contribution >= 0.6 is 0 Å². The first-order valence-electron chi connectivity index (χ1n) is 9.07. The summed E-state index contributed by atoms with van der Waals surface area (Å²) < 4.78 is 0. The number of amides is 1. The molecule has 0 aliphatic carbocycles. The summed E-state index contributed by atoms with van der Waals surface area (Å²) in [6.45, 7) is 7.53. The van der Waals surface area contributed by atoms with Crippen LogP contribution in [0.2, 0.25) is 0 Å². The zero-order valence-electron chi connectivity index (χ0n) is 16.5. The predicted octanol–water partition coefficient (Wildman–Crippen LogP) is 5.21. The molecule has 142 valence electrons. The van der Waals surface area contributed by atoms with Gasteiger partial charge in [-0.15, -0.1) is 0 Å². The first kappa shape index (κ1) is 19.3. The van der Waals surface area contributed by atoms with Gasteiger partial charge in [-0.05, 0) is 75.2 Å². The number of pyridine rings is 1. The molecule has 0 spiro atoms. The van der Waals surface area contributed by atoms with Crippen molar-refractivity contribution in [3.8, 4) is 0 Å². The number of hydrogen-bond donors (Lipinski definition) is 2. The van der Waals surface area contributed by atoms with Gasteiger partial charge in [0.15, 0.2) is 5.78 Å². The molecular weight excluding hydrogens is 350 g/mol. The number of Topliss-reactive ketones (excluding diaryl/α,β-unsaturated/α-hetero) is 1. The van der Waals surface area contributed by atoms with E-state index in [9.17, 15) is 9.59 Å². The first-order valence-corrected chi connectivity index (χ1v) is 9.07. The Kier molecular flexibility index (Phi) is 5.54. The van der Waals surface area contributed by atoms with Crippen LogP contribution in [0.1, 0.15) is 44.5 Å². The van der Waals surface area contributed by atoms with Gasteiger partial charge in [-0.1, -0.05) is 17.7 Å². The minimum Gasteiger partial charge on any atom is -0.354 e. The minimum atomic E-state index is -0.243. The van der Waals surface area contributed by atoms with Gasteiger partial charge in [-0.2, -0.15) is 0 Å². The average Bonchev–Trinajstić information content (AvgIpc) is 2.65. The Labute approximate surface area is 164 Å². The van der Waals surface area contributed by atoms with E-state index >= 15 is 0 Å². The first-order chi connectivity index (χ1) is 13.3. The lowest BCUT2D eigenvalue weighted by Crippen LogP contribution is -2.15. The van der Waals surface area contributed by atoms with Crippen molar-refractivity contribution in [1.29, 1.82) is 0 Å². The fourth-order valence-corrected chi connectivity index (χ4v) is 3.11. The molecule has 0 saturated carbocycles. The van der Waals surface area contributed by atoms with Crippen molar-refractivity contribution in [3.05, 3.63) is 82.7 Å². The van der Waals surface area contributed by atoms with E-state index in [0.717, 1.165) is 33.8 Å². The van der Waals surface area contributed by atoms with Gasteiger partial charge in [0.05, 0.1) is 11.9 Å². The van der Waals surface area contributed by atoms with Gasteiger partial charge < -0.3 is 10.6 Å². The molecule has 0 atom stereocenters. The summed E-state index contributed by atoms with van der Waals surface area (Å²) in [6, 6.07) is 14.8. The van der Waals surface area contributed by atoms with Crippen LogP contribution in [-0.2, 0) is 0 Å². The monoisotopic (exact) mass is 373 g/mol. The number of hydrogen-bond acceptors (Lipinski definition) is 4. The second-order valence-electron chi connectivity index (χ2n) is 6.92. The number of ketones is 1. The van der Waals surface area contributed by atoms with E-state index in [2.05, 4.69) is 15.6 Å². The minimum absolute atomic E-state index is 0.0302. The van der Waals surface area contributed by atoms with E-state index in [1.54, 1.807) is 30.5 Å². The summed E-state index contributed by atoms with van der Waals surface area (Å²) >= 11 is 0. The highest BCUT2D eigenvalue weighted by molar-refractivity contribution is 6.03. The Bertz CT molecular complexity index is 1000. The molecule has 0 radical (unpaired) electrons. The van der Waals surface area contributed by atoms with Gasteiger partial charge in [0.2, 0.25) is 0 Å². The highest BCUT2D eigenvalue weighted by atomic mass is 16.2. The van der Waals surface area contributed by atoms with Crippen molar-refractivity contribution in [3.63, 3.8) is 0 Å². The zero-order chi connectivity index (χ0) is 20.3. The van der Waals surface area contributed by atoms with Crippen LogP contribution < -0.4 is 10.6 Å². The van der Waals surface area contributed by atoms with Crippen LogP contribution in [-0.4, -0.2) is 16.7 Å². The third-order valence-electron chi connectivity index (χ3n) is 4.49. The van der Waals surface area contributed by atoms with Crippen LogP contribution in [0, 0.1) is 20.8 Å². The maximum absolute atomic E-state index is 12.5. The lowest BCUT2D eigenvalue weighted by atomic mass is 10.0. The van der Waals surface area contributed by atoms with Crippen molar-refractivity contribution < 1.29 is 9.59 Å². The molecule has 0 fully saturated rings. The highest BCUT2D eigenvalue weighted by Gasteiger charge is 2.11. The Morgan fingerprint density at radius 2 is 1.46 bits per heavy atom. The number of nitrogens with zero attached hydrogens (tertiary/aromatic N) is 1. The summed E-state index contributed by atoms with van der Waals surface area (Å²) in [5.41, 5.74) is 6.65. The molecule has 3 rings (SSSR count). The van der Waals surface area contributed by atoms with Crippen LogP contribution in [0.25, 0.3) is 0 Å². The van der Waals surface area contributed by atoms with Crippen molar-refractivity contribution in [2.24, 2.45) is 0 Å². The molecule has 1 heterocycles. The highest BCUT2D eigenvalue weighted by Crippen LogP contribution is 2.23. The quantitative estimate of drug-likeness (QED) is 0.603. The molecule has 0 aliphatic rings. The number of carbonyl (C=O) groups is 2.